The molecule has 1 aromatic carbocycles. The second-order valence-electron chi connectivity index (χ2n) is 2.23. The van der Waals surface area contributed by atoms with Gasteiger partial charge in [0.05, 0.1) is 5.56 Å². The molecule has 0 unspecified atom stereocenters. The Morgan fingerprint density at radius 2 is 2.14 bits per heavy atom. The summed E-state index contributed by atoms with van der Waals surface area (Å²) < 4.78 is 36.3. The van der Waals surface area contributed by atoms with Gasteiger partial charge in [-0.2, -0.15) is 13.7 Å². The number of hydrogen-bond acceptors (Lipinski definition) is 4. The highest BCUT2D eigenvalue weighted by atomic mass is 35.5. The molecule has 0 aliphatic heterocycles. The van der Waals surface area contributed by atoms with Crippen LogP contribution in [0.15, 0.2) is 18.2 Å². The van der Waals surface area contributed by atoms with E-state index in [4.69, 9.17) is 16.9 Å². The highest BCUT2D eigenvalue weighted by molar-refractivity contribution is 7.81. The van der Waals surface area contributed by atoms with Gasteiger partial charge in [-0.15, -0.1) is 0 Å². The zero-order valence-electron chi connectivity index (χ0n) is 6.57. The van der Waals surface area contributed by atoms with E-state index >= 15 is 0 Å². The maximum absolute atomic E-state index is 12.1. The van der Waals surface area contributed by atoms with Gasteiger partial charge in [0.15, 0.2) is 5.75 Å². The molecule has 0 heterocycles. The smallest absolute Gasteiger partial charge is 0.357 e. The monoisotopic (exact) mass is 235 g/mol. The van der Waals surface area contributed by atoms with Crippen LogP contribution in [0.3, 0.4) is 0 Å². The number of rotatable bonds is 2. The van der Waals surface area contributed by atoms with E-state index in [2.05, 4.69) is 4.18 Å². The van der Waals surface area contributed by atoms with Crippen molar-refractivity contribution in [3.8, 4) is 11.8 Å². The van der Waals surface area contributed by atoms with Gasteiger partial charge in [0.25, 0.3) is 0 Å². The molecule has 0 bridgehead atoms. The van der Waals surface area contributed by atoms with Crippen LogP contribution in [0.5, 0.6) is 5.75 Å². The Morgan fingerprint density at radius 1 is 1.50 bits per heavy atom. The first-order valence-corrected chi connectivity index (χ1v) is 4.95. The van der Waals surface area contributed by atoms with Gasteiger partial charge < -0.3 is 4.18 Å². The Balaban J connectivity index is 3.20. The van der Waals surface area contributed by atoms with Crippen molar-refractivity contribution in [3.63, 3.8) is 0 Å². The summed E-state index contributed by atoms with van der Waals surface area (Å²) in [4.78, 5) is 0. The third-order valence-corrected chi connectivity index (χ3v) is 1.87. The van der Waals surface area contributed by atoms with Crippen LogP contribution in [0.2, 0.25) is 5.02 Å². The molecule has 0 radical (unpaired) electrons. The fourth-order valence-electron chi connectivity index (χ4n) is 0.765. The van der Waals surface area contributed by atoms with Crippen LogP contribution in [0.4, 0.5) is 3.89 Å². The zero-order valence-corrected chi connectivity index (χ0v) is 8.14. The highest BCUT2D eigenvalue weighted by Crippen LogP contribution is 2.24. The zero-order chi connectivity index (χ0) is 10.8. The molecule has 7 heteroatoms. The lowest BCUT2D eigenvalue weighted by Gasteiger charge is -2.01. The van der Waals surface area contributed by atoms with Crippen molar-refractivity contribution in [2.24, 2.45) is 0 Å². The van der Waals surface area contributed by atoms with Crippen LogP contribution in [0, 0.1) is 11.3 Å². The molecule has 4 nitrogen and oxygen atoms in total. The first kappa shape index (κ1) is 10.8. The fourth-order valence-corrected chi connectivity index (χ4v) is 1.28. The molecule has 0 spiro atoms. The highest BCUT2D eigenvalue weighted by Gasteiger charge is 2.13. The summed E-state index contributed by atoms with van der Waals surface area (Å²) in [6.07, 6.45) is 0. The van der Waals surface area contributed by atoms with Crippen molar-refractivity contribution in [3.05, 3.63) is 28.8 Å². The van der Waals surface area contributed by atoms with Crippen LogP contribution in [-0.4, -0.2) is 8.42 Å². The molecule has 0 aromatic heterocycles. The first-order chi connectivity index (χ1) is 6.42. The lowest BCUT2D eigenvalue weighted by Crippen LogP contribution is -2.02. The van der Waals surface area contributed by atoms with Crippen molar-refractivity contribution in [1.29, 1.82) is 5.26 Å². The van der Waals surface area contributed by atoms with E-state index < -0.39 is 16.3 Å². The lowest BCUT2D eigenvalue weighted by molar-refractivity contribution is 0.439. The van der Waals surface area contributed by atoms with Crippen molar-refractivity contribution < 1.29 is 16.5 Å². The standard InChI is InChI=1S/C7H3ClFNO3S/c8-6-2-1-5(4-10)7(3-6)13-14(9,11)12/h1-3H. The fraction of sp³-hybridized carbons (Fsp3) is 0. The summed E-state index contributed by atoms with van der Waals surface area (Å²) in [5.74, 6) is -0.428. The number of hydrogen-bond donors (Lipinski definition) is 0. The van der Waals surface area contributed by atoms with Crippen molar-refractivity contribution in [1.82, 2.24) is 0 Å². The quantitative estimate of drug-likeness (QED) is 0.733. The second-order valence-corrected chi connectivity index (χ2v) is 3.62. The first-order valence-electron chi connectivity index (χ1n) is 3.26. The molecule has 1 aromatic rings. The molecule has 0 N–H and O–H groups in total. The maximum Gasteiger partial charge on any atom is 0.488 e. The molecule has 0 aliphatic carbocycles. The van der Waals surface area contributed by atoms with E-state index in [1.54, 1.807) is 6.07 Å². The van der Waals surface area contributed by atoms with Crippen LogP contribution < -0.4 is 4.18 Å². The number of nitriles is 1. The number of halogens is 2. The van der Waals surface area contributed by atoms with Gasteiger partial charge in [-0.05, 0) is 12.1 Å². The van der Waals surface area contributed by atoms with Crippen molar-refractivity contribution in [2.45, 2.75) is 0 Å². The SMILES string of the molecule is N#Cc1ccc(Cl)cc1OS(=O)(=O)F. The summed E-state index contributed by atoms with van der Waals surface area (Å²) in [6, 6.07) is 5.25. The molecule has 0 amide bonds. The second kappa shape index (κ2) is 3.82. The van der Waals surface area contributed by atoms with E-state index in [0.717, 1.165) is 6.07 Å². The van der Waals surface area contributed by atoms with Gasteiger partial charge in [0, 0.05) is 11.1 Å². The molecular formula is C7H3ClFNO3S. The minimum atomic E-state index is -5.14. The normalized spacial score (nSPS) is 10.6. The summed E-state index contributed by atoms with van der Waals surface area (Å²) in [7, 11) is -5.14. The topological polar surface area (TPSA) is 67.2 Å². The predicted molar refractivity (Wildman–Crippen MR) is 46.8 cm³/mol. The molecule has 1 rings (SSSR count). The Morgan fingerprint density at radius 3 is 2.64 bits per heavy atom. The third-order valence-electron chi connectivity index (χ3n) is 1.25. The molecule has 0 atom stereocenters. The third kappa shape index (κ3) is 2.87. The molecular weight excluding hydrogens is 233 g/mol. The van der Waals surface area contributed by atoms with Crippen LogP contribution in [0.1, 0.15) is 5.56 Å². The van der Waals surface area contributed by atoms with Crippen molar-refractivity contribution >= 4 is 22.1 Å². The molecule has 0 saturated heterocycles. The van der Waals surface area contributed by atoms with Gasteiger partial charge in [0.2, 0.25) is 0 Å². The Hall–Kier alpha value is -1.32. The van der Waals surface area contributed by atoms with Gasteiger partial charge in [-0.25, -0.2) is 0 Å². The Kier molecular flexibility index (Phi) is 2.93. The Labute approximate surface area is 84.9 Å². The van der Waals surface area contributed by atoms with Crippen LogP contribution in [0.25, 0.3) is 0 Å². The number of benzene rings is 1. The summed E-state index contributed by atoms with van der Waals surface area (Å²) in [5, 5.41) is 8.66. The van der Waals surface area contributed by atoms with Crippen LogP contribution >= 0.6 is 11.6 Å². The molecule has 0 aliphatic rings. The minimum Gasteiger partial charge on any atom is -0.357 e. The predicted octanol–water partition coefficient (Wildman–Crippen LogP) is 1.80. The van der Waals surface area contributed by atoms with Gasteiger partial charge in [-0.1, -0.05) is 15.5 Å². The lowest BCUT2D eigenvalue weighted by atomic mass is 10.2. The molecule has 0 saturated carbocycles. The largest absolute Gasteiger partial charge is 0.488 e. The van der Waals surface area contributed by atoms with E-state index in [1.807, 2.05) is 0 Å². The van der Waals surface area contributed by atoms with Gasteiger partial charge in [0.1, 0.15) is 6.07 Å². The minimum absolute atomic E-state index is 0.115. The summed E-state index contributed by atoms with van der Waals surface area (Å²) in [5.41, 5.74) is -0.115. The average molecular weight is 236 g/mol. The average Bonchev–Trinajstić information content (AvgIpc) is 2.01. The van der Waals surface area contributed by atoms with E-state index in [1.165, 1.54) is 12.1 Å². The Bertz CT molecular complexity index is 494. The van der Waals surface area contributed by atoms with E-state index in [9.17, 15) is 12.3 Å². The molecule has 0 fully saturated rings. The van der Waals surface area contributed by atoms with Crippen LogP contribution in [-0.2, 0) is 10.5 Å². The van der Waals surface area contributed by atoms with Gasteiger partial charge in [-0.3, -0.25) is 0 Å². The molecule has 14 heavy (non-hydrogen) atoms. The van der Waals surface area contributed by atoms with Gasteiger partial charge >= 0.3 is 10.5 Å². The number of nitrogens with zero attached hydrogens (tertiary/aromatic N) is 1. The summed E-state index contributed by atoms with van der Waals surface area (Å²) >= 11 is 5.50. The van der Waals surface area contributed by atoms with Crippen molar-refractivity contribution in [2.75, 3.05) is 0 Å². The maximum atomic E-state index is 12.1. The van der Waals surface area contributed by atoms with E-state index in [-0.39, 0.29) is 10.6 Å². The summed E-state index contributed by atoms with van der Waals surface area (Å²) in [6.45, 7) is 0. The molecule has 74 valence electrons. The van der Waals surface area contributed by atoms with E-state index in [0.29, 0.717) is 0 Å².